The summed E-state index contributed by atoms with van der Waals surface area (Å²) in [5, 5.41) is 12.5. The molecular formula is C20H23N5O2S. The van der Waals surface area contributed by atoms with Crippen LogP contribution in [0.25, 0.3) is 11.3 Å². The van der Waals surface area contributed by atoms with E-state index >= 15 is 0 Å². The van der Waals surface area contributed by atoms with Crippen LogP contribution in [0.15, 0.2) is 41.8 Å². The van der Waals surface area contributed by atoms with Gasteiger partial charge in [-0.25, -0.2) is 4.98 Å². The Hall–Kier alpha value is -2.55. The van der Waals surface area contributed by atoms with Crippen molar-refractivity contribution in [3.63, 3.8) is 0 Å². The standard InChI is InChI=1S/C20H23N5O2S/c1-13-9-25(10-14(2)27-13)11-16-12-28-20(21-16)22-19(26)18-8-17(23-24-18)15-6-4-3-5-7-15/h3-8,12-14H,9-11H2,1-2H3,(H,23,24)(H,21,22,26)/t13-,14+. The summed E-state index contributed by atoms with van der Waals surface area (Å²) in [5.41, 5.74) is 3.06. The number of nitrogens with one attached hydrogen (secondary N) is 2. The van der Waals surface area contributed by atoms with Crippen molar-refractivity contribution in [3.8, 4) is 11.3 Å². The highest BCUT2D eigenvalue weighted by Crippen LogP contribution is 2.21. The summed E-state index contributed by atoms with van der Waals surface area (Å²) < 4.78 is 5.77. The molecule has 2 aromatic heterocycles. The number of carbonyl (C=O) groups is 1. The van der Waals surface area contributed by atoms with Gasteiger partial charge in [0.05, 0.1) is 23.6 Å². The van der Waals surface area contributed by atoms with Crippen molar-refractivity contribution in [1.29, 1.82) is 0 Å². The molecule has 1 saturated heterocycles. The monoisotopic (exact) mass is 397 g/mol. The van der Waals surface area contributed by atoms with E-state index in [-0.39, 0.29) is 18.1 Å². The van der Waals surface area contributed by atoms with Crippen LogP contribution in [0, 0.1) is 0 Å². The third-order valence-electron chi connectivity index (χ3n) is 4.55. The maximum absolute atomic E-state index is 12.5. The molecule has 2 atom stereocenters. The van der Waals surface area contributed by atoms with Gasteiger partial charge in [-0.1, -0.05) is 30.3 Å². The minimum absolute atomic E-state index is 0.223. The Labute approximate surface area is 167 Å². The second kappa shape index (κ2) is 8.22. The van der Waals surface area contributed by atoms with E-state index in [1.807, 2.05) is 35.7 Å². The van der Waals surface area contributed by atoms with E-state index in [2.05, 4.69) is 39.2 Å². The van der Waals surface area contributed by atoms with Gasteiger partial charge in [0.15, 0.2) is 5.13 Å². The van der Waals surface area contributed by atoms with Crippen molar-refractivity contribution in [1.82, 2.24) is 20.1 Å². The van der Waals surface area contributed by atoms with Gasteiger partial charge in [-0.15, -0.1) is 11.3 Å². The van der Waals surface area contributed by atoms with Crippen LogP contribution in [-0.4, -0.2) is 51.3 Å². The zero-order valence-electron chi connectivity index (χ0n) is 15.9. The summed E-state index contributed by atoms with van der Waals surface area (Å²) in [6.07, 6.45) is 0.446. The summed E-state index contributed by atoms with van der Waals surface area (Å²) in [4.78, 5) is 19.4. The highest BCUT2D eigenvalue weighted by atomic mass is 32.1. The summed E-state index contributed by atoms with van der Waals surface area (Å²) >= 11 is 1.43. The van der Waals surface area contributed by atoms with Crippen molar-refractivity contribution in [2.45, 2.75) is 32.6 Å². The molecule has 1 aliphatic rings. The highest BCUT2D eigenvalue weighted by Gasteiger charge is 2.23. The first-order chi connectivity index (χ1) is 13.6. The number of nitrogens with zero attached hydrogens (tertiary/aromatic N) is 3. The normalized spacial score (nSPS) is 20.2. The third-order valence-corrected chi connectivity index (χ3v) is 5.35. The van der Waals surface area contributed by atoms with Gasteiger partial charge in [-0.3, -0.25) is 20.1 Å². The van der Waals surface area contributed by atoms with E-state index in [0.717, 1.165) is 36.6 Å². The van der Waals surface area contributed by atoms with Crippen LogP contribution in [0.1, 0.15) is 30.0 Å². The molecule has 146 valence electrons. The van der Waals surface area contributed by atoms with Crippen LogP contribution >= 0.6 is 11.3 Å². The van der Waals surface area contributed by atoms with E-state index in [4.69, 9.17) is 4.74 Å². The molecule has 1 aliphatic heterocycles. The largest absolute Gasteiger partial charge is 0.373 e. The van der Waals surface area contributed by atoms with E-state index in [9.17, 15) is 4.79 Å². The Balaban J connectivity index is 1.37. The lowest BCUT2D eigenvalue weighted by Gasteiger charge is -2.34. The maximum atomic E-state index is 12.5. The summed E-state index contributed by atoms with van der Waals surface area (Å²) in [6, 6.07) is 11.5. The van der Waals surface area contributed by atoms with Crippen molar-refractivity contribution in [2.24, 2.45) is 0 Å². The van der Waals surface area contributed by atoms with Gasteiger partial charge >= 0.3 is 0 Å². The van der Waals surface area contributed by atoms with Gasteiger partial charge in [0.1, 0.15) is 5.69 Å². The molecule has 0 radical (unpaired) electrons. The van der Waals surface area contributed by atoms with E-state index in [0.29, 0.717) is 10.8 Å². The summed E-state index contributed by atoms with van der Waals surface area (Å²) in [5.74, 6) is -0.246. The maximum Gasteiger partial charge on any atom is 0.275 e. The lowest BCUT2D eigenvalue weighted by atomic mass is 10.1. The van der Waals surface area contributed by atoms with Crippen LogP contribution in [0.3, 0.4) is 0 Å². The molecule has 0 bridgehead atoms. The molecule has 8 heteroatoms. The number of ether oxygens (including phenoxy) is 1. The number of benzene rings is 1. The van der Waals surface area contributed by atoms with E-state index in [1.165, 1.54) is 11.3 Å². The molecule has 0 aliphatic carbocycles. The molecule has 4 rings (SSSR count). The zero-order valence-corrected chi connectivity index (χ0v) is 16.7. The molecule has 3 heterocycles. The van der Waals surface area contributed by atoms with Crippen LogP contribution in [0.5, 0.6) is 0 Å². The quantitative estimate of drug-likeness (QED) is 0.689. The first-order valence-electron chi connectivity index (χ1n) is 9.31. The lowest BCUT2D eigenvalue weighted by Crippen LogP contribution is -2.44. The number of morpholine rings is 1. The predicted molar refractivity (Wildman–Crippen MR) is 109 cm³/mol. The number of rotatable bonds is 5. The molecular weight excluding hydrogens is 374 g/mol. The molecule has 1 aromatic carbocycles. The van der Waals surface area contributed by atoms with Crippen molar-refractivity contribution >= 4 is 22.4 Å². The van der Waals surface area contributed by atoms with Crippen LogP contribution in [0.4, 0.5) is 5.13 Å². The molecule has 28 heavy (non-hydrogen) atoms. The average Bonchev–Trinajstić information content (AvgIpc) is 3.31. The Morgan fingerprint density at radius 3 is 2.79 bits per heavy atom. The molecule has 1 amide bonds. The Morgan fingerprint density at radius 1 is 1.29 bits per heavy atom. The third kappa shape index (κ3) is 4.46. The number of thiazole rings is 1. The number of carbonyl (C=O) groups excluding carboxylic acids is 1. The number of hydrogen-bond donors (Lipinski definition) is 2. The van der Waals surface area contributed by atoms with Crippen LogP contribution < -0.4 is 5.32 Å². The van der Waals surface area contributed by atoms with Gasteiger partial charge < -0.3 is 4.74 Å². The minimum Gasteiger partial charge on any atom is -0.373 e. The fraction of sp³-hybridized carbons (Fsp3) is 0.350. The molecule has 0 spiro atoms. The molecule has 3 aromatic rings. The second-order valence-corrected chi connectivity index (χ2v) is 7.94. The second-order valence-electron chi connectivity index (χ2n) is 7.08. The Morgan fingerprint density at radius 2 is 2.04 bits per heavy atom. The van der Waals surface area contributed by atoms with Gasteiger partial charge in [0.2, 0.25) is 0 Å². The Bertz CT molecular complexity index is 929. The van der Waals surface area contributed by atoms with E-state index < -0.39 is 0 Å². The first-order valence-corrected chi connectivity index (χ1v) is 10.2. The number of aromatic amines is 1. The van der Waals surface area contributed by atoms with Crippen molar-refractivity contribution < 1.29 is 9.53 Å². The molecule has 7 nitrogen and oxygen atoms in total. The van der Waals surface area contributed by atoms with Crippen molar-refractivity contribution in [2.75, 3.05) is 18.4 Å². The molecule has 2 N–H and O–H groups in total. The number of aromatic nitrogens is 3. The number of amides is 1. The first kappa shape index (κ1) is 18.8. The van der Waals surface area contributed by atoms with Gasteiger partial charge in [0, 0.05) is 30.6 Å². The molecule has 0 saturated carbocycles. The fourth-order valence-electron chi connectivity index (χ4n) is 3.44. The SMILES string of the molecule is C[C@@H]1CN(Cc2csc(NC(=O)c3cc(-c4ccccc4)n[nH]3)n2)C[C@H](C)O1. The highest BCUT2D eigenvalue weighted by molar-refractivity contribution is 7.13. The van der Waals surface area contributed by atoms with Gasteiger partial charge in [-0.2, -0.15) is 5.10 Å². The summed E-state index contributed by atoms with van der Waals surface area (Å²) in [6.45, 7) is 6.71. The molecule has 1 fully saturated rings. The lowest BCUT2D eigenvalue weighted by molar-refractivity contribution is -0.0707. The minimum atomic E-state index is -0.246. The number of H-pyrrole nitrogens is 1. The topological polar surface area (TPSA) is 83.1 Å². The predicted octanol–water partition coefficient (Wildman–Crippen LogP) is 3.39. The van der Waals surface area contributed by atoms with Crippen LogP contribution in [-0.2, 0) is 11.3 Å². The molecule has 0 unspecified atom stereocenters. The van der Waals surface area contributed by atoms with Crippen LogP contribution in [0.2, 0.25) is 0 Å². The average molecular weight is 398 g/mol. The van der Waals surface area contributed by atoms with Gasteiger partial charge in [-0.05, 0) is 19.9 Å². The fourth-order valence-corrected chi connectivity index (χ4v) is 4.14. The Kier molecular flexibility index (Phi) is 5.52. The van der Waals surface area contributed by atoms with Crippen molar-refractivity contribution in [3.05, 3.63) is 53.2 Å². The van der Waals surface area contributed by atoms with Gasteiger partial charge in [0.25, 0.3) is 5.91 Å². The van der Waals surface area contributed by atoms with E-state index in [1.54, 1.807) is 6.07 Å². The number of anilines is 1. The smallest absolute Gasteiger partial charge is 0.275 e. The zero-order chi connectivity index (χ0) is 19.5. The number of hydrogen-bond acceptors (Lipinski definition) is 6. The summed E-state index contributed by atoms with van der Waals surface area (Å²) in [7, 11) is 0.